The minimum absolute atomic E-state index is 0.0282. The zero-order chi connectivity index (χ0) is 28.7. The lowest BCUT2D eigenvalue weighted by Gasteiger charge is -2.23. The molecule has 0 unspecified atom stereocenters. The summed E-state index contributed by atoms with van der Waals surface area (Å²) in [5.74, 6) is -0.275. The molecule has 0 radical (unpaired) electrons. The summed E-state index contributed by atoms with van der Waals surface area (Å²) >= 11 is 1.35. The van der Waals surface area contributed by atoms with Gasteiger partial charge in [-0.25, -0.2) is 4.98 Å². The molecule has 2 atom stereocenters. The molecule has 2 aliphatic rings. The van der Waals surface area contributed by atoms with Crippen LogP contribution in [0.1, 0.15) is 61.4 Å². The Balaban J connectivity index is 1.47. The second-order valence-corrected chi connectivity index (χ2v) is 11.7. The van der Waals surface area contributed by atoms with Gasteiger partial charge in [0.2, 0.25) is 0 Å². The molecule has 0 saturated carbocycles. The van der Waals surface area contributed by atoms with Gasteiger partial charge in [0.1, 0.15) is 23.4 Å². The third-order valence-corrected chi connectivity index (χ3v) is 8.56. The van der Waals surface area contributed by atoms with Crippen molar-refractivity contribution in [2.24, 2.45) is 0 Å². The van der Waals surface area contributed by atoms with Gasteiger partial charge in [0.25, 0.3) is 5.78 Å². The van der Waals surface area contributed by atoms with E-state index in [0.29, 0.717) is 35.0 Å². The third kappa shape index (κ3) is 5.08. The van der Waals surface area contributed by atoms with Crippen molar-refractivity contribution in [3.8, 4) is 11.5 Å². The number of rotatable bonds is 8. The maximum Gasteiger partial charge on any atom is 0.301 e. The van der Waals surface area contributed by atoms with Crippen LogP contribution in [-0.4, -0.2) is 34.5 Å². The van der Waals surface area contributed by atoms with Crippen LogP contribution in [0, 0.1) is 6.92 Å². The fourth-order valence-corrected chi connectivity index (χ4v) is 6.60. The van der Waals surface area contributed by atoms with Crippen LogP contribution in [0.15, 0.2) is 66.2 Å². The van der Waals surface area contributed by atoms with Gasteiger partial charge < -0.3 is 14.6 Å². The highest BCUT2D eigenvalue weighted by Crippen LogP contribution is 2.45. The average molecular weight is 569 g/mol. The molecule has 1 saturated heterocycles. The zero-order valence-electron chi connectivity index (χ0n) is 23.3. The fraction of sp³-hybridized carbons (Fsp3) is 0.303. The summed E-state index contributed by atoms with van der Waals surface area (Å²) in [5, 5.41) is 12.0. The van der Waals surface area contributed by atoms with E-state index in [-0.39, 0.29) is 17.4 Å². The molecule has 3 aromatic carbocycles. The number of Topliss-reactive ketones (excluding diaryl/α,β-unsaturated/α-hetero) is 1. The van der Waals surface area contributed by atoms with E-state index in [0.717, 1.165) is 46.4 Å². The molecule has 3 heterocycles. The normalized spacial score (nSPS) is 19.5. The molecule has 41 heavy (non-hydrogen) atoms. The molecular weight excluding hydrogens is 536 g/mol. The van der Waals surface area contributed by atoms with Gasteiger partial charge in [0.05, 0.1) is 28.4 Å². The van der Waals surface area contributed by atoms with Gasteiger partial charge in [-0.3, -0.25) is 14.5 Å². The predicted octanol–water partition coefficient (Wildman–Crippen LogP) is 7.12. The number of unbranched alkanes of at least 4 members (excludes halogenated alkanes) is 2. The number of anilines is 1. The molecule has 0 spiro atoms. The Kier molecular flexibility index (Phi) is 7.26. The van der Waals surface area contributed by atoms with Crippen molar-refractivity contribution in [3.63, 3.8) is 0 Å². The first-order valence-corrected chi connectivity index (χ1v) is 14.9. The lowest BCUT2D eigenvalue weighted by molar-refractivity contribution is -0.132. The molecular formula is C33H32N2O5S. The van der Waals surface area contributed by atoms with Crippen molar-refractivity contribution in [3.05, 3.63) is 88.5 Å². The van der Waals surface area contributed by atoms with Crippen LogP contribution in [0.3, 0.4) is 0 Å². The monoisotopic (exact) mass is 568 g/mol. The zero-order valence-corrected chi connectivity index (χ0v) is 24.2. The van der Waals surface area contributed by atoms with Gasteiger partial charge in [-0.2, -0.15) is 0 Å². The molecule has 7 nitrogen and oxygen atoms in total. The number of amides is 1. The fourth-order valence-electron chi connectivity index (χ4n) is 5.51. The number of benzene rings is 3. The number of aromatic nitrogens is 1. The van der Waals surface area contributed by atoms with Crippen molar-refractivity contribution in [2.75, 3.05) is 11.5 Å². The second kappa shape index (κ2) is 11.0. The number of nitrogens with zero attached hydrogens (tertiary/aromatic N) is 2. The first-order chi connectivity index (χ1) is 19.8. The Morgan fingerprint density at radius 3 is 2.80 bits per heavy atom. The van der Waals surface area contributed by atoms with Crippen LogP contribution < -0.4 is 14.4 Å². The van der Waals surface area contributed by atoms with Crippen LogP contribution in [-0.2, 0) is 16.0 Å². The molecule has 1 fully saturated rings. The van der Waals surface area contributed by atoms with E-state index in [9.17, 15) is 14.7 Å². The number of carbonyl (C=O) groups excluding carboxylic acids is 2. The van der Waals surface area contributed by atoms with Gasteiger partial charge in [-0.1, -0.05) is 49.3 Å². The van der Waals surface area contributed by atoms with E-state index in [1.807, 2.05) is 62.4 Å². The smallest absolute Gasteiger partial charge is 0.301 e. The summed E-state index contributed by atoms with van der Waals surface area (Å²) < 4.78 is 12.7. The van der Waals surface area contributed by atoms with Gasteiger partial charge in [0.15, 0.2) is 5.13 Å². The van der Waals surface area contributed by atoms with Gasteiger partial charge in [-0.05, 0) is 79.4 Å². The summed E-state index contributed by atoms with van der Waals surface area (Å²) in [5.41, 5.74) is 3.94. The Morgan fingerprint density at radius 1 is 1.12 bits per heavy atom. The molecule has 2 aliphatic heterocycles. The van der Waals surface area contributed by atoms with Crippen molar-refractivity contribution in [1.29, 1.82) is 0 Å². The molecule has 1 N–H and O–H groups in total. The molecule has 8 heteroatoms. The molecule has 1 amide bonds. The molecule has 210 valence electrons. The molecule has 0 aliphatic carbocycles. The Hall–Kier alpha value is -4.17. The highest BCUT2D eigenvalue weighted by Gasteiger charge is 2.48. The maximum atomic E-state index is 13.7. The van der Waals surface area contributed by atoms with E-state index in [2.05, 4.69) is 6.92 Å². The quantitative estimate of drug-likeness (QED) is 0.105. The number of thiazole rings is 1. The number of hydrogen-bond acceptors (Lipinski definition) is 7. The minimum atomic E-state index is -0.876. The van der Waals surface area contributed by atoms with Gasteiger partial charge in [0, 0.05) is 12.0 Å². The SMILES string of the molecule is CCCCCOc1cccc([C@@H]2/C(=C(\O)c3ccc4c(c3)C[C@H](C)O4)C(=O)C(=O)N2c2nc3ccc(C)cc3s2)c1. The lowest BCUT2D eigenvalue weighted by atomic mass is 9.94. The van der Waals surface area contributed by atoms with Crippen molar-refractivity contribution in [2.45, 2.75) is 58.6 Å². The molecule has 0 bridgehead atoms. The summed E-state index contributed by atoms with van der Waals surface area (Å²) in [6.07, 6.45) is 3.84. The molecule has 4 aromatic rings. The summed E-state index contributed by atoms with van der Waals surface area (Å²) in [4.78, 5) is 33.5. The summed E-state index contributed by atoms with van der Waals surface area (Å²) in [7, 11) is 0. The number of aryl methyl sites for hydroxylation is 1. The Morgan fingerprint density at radius 2 is 1.98 bits per heavy atom. The second-order valence-electron chi connectivity index (χ2n) is 10.7. The summed E-state index contributed by atoms with van der Waals surface area (Å²) in [6, 6.07) is 17.8. The predicted molar refractivity (Wildman–Crippen MR) is 161 cm³/mol. The largest absolute Gasteiger partial charge is 0.507 e. The lowest BCUT2D eigenvalue weighted by Crippen LogP contribution is -2.29. The van der Waals surface area contributed by atoms with E-state index in [1.54, 1.807) is 12.1 Å². The highest BCUT2D eigenvalue weighted by molar-refractivity contribution is 7.22. The topological polar surface area (TPSA) is 89.0 Å². The average Bonchev–Trinajstić information content (AvgIpc) is 3.62. The van der Waals surface area contributed by atoms with Crippen molar-refractivity contribution >= 4 is 44.1 Å². The van der Waals surface area contributed by atoms with Gasteiger partial charge in [-0.15, -0.1) is 0 Å². The van der Waals surface area contributed by atoms with Crippen molar-refractivity contribution < 1.29 is 24.2 Å². The van der Waals surface area contributed by atoms with Crippen LogP contribution in [0.4, 0.5) is 5.13 Å². The van der Waals surface area contributed by atoms with E-state index in [1.165, 1.54) is 16.2 Å². The maximum absolute atomic E-state index is 13.7. The number of fused-ring (bicyclic) bond motifs is 2. The number of carbonyl (C=O) groups is 2. The highest BCUT2D eigenvalue weighted by atomic mass is 32.1. The number of aliphatic hydroxyl groups excluding tert-OH is 1. The number of ether oxygens (including phenoxy) is 2. The first kappa shape index (κ1) is 27.0. The Labute approximate surface area is 243 Å². The van der Waals surface area contributed by atoms with Crippen molar-refractivity contribution in [1.82, 2.24) is 4.98 Å². The number of ketones is 1. The van der Waals surface area contributed by atoms with Crippen LogP contribution in [0.25, 0.3) is 16.0 Å². The first-order valence-electron chi connectivity index (χ1n) is 14.0. The van der Waals surface area contributed by atoms with Crippen LogP contribution >= 0.6 is 11.3 Å². The van der Waals surface area contributed by atoms with Crippen LogP contribution in [0.5, 0.6) is 11.5 Å². The van der Waals surface area contributed by atoms with Crippen LogP contribution in [0.2, 0.25) is 0 Å². The van der Waals surface area contributed by atoms with E-state index < -0.39 is 17.7 Å². The number of hydrogen-bond donors (Lipinski definition) is 1. The van der Waals surface area contributed by atoms with E-state index in [4.69, 9.17) is 14.5 Å². The van der Waals surface area contributed by atoms with Gasteiger partial charge >= 0.3 is 5.91 Å². The third-order valence-electron chi connectivity index (χ3n) is 7.54. The number of aliphatic hydroxyl groups is 1. The summed E-state index contributed by atoms with van der Waals surface area (Å²) in [6.45, 7) is 6.70. The standard InChI is InChI=1S/C33H32N2O5S/c1-4-5-6-14-39-24-9-7-8-21(18-24)29-28(30(36)22-11-13-26-23(17-22)16-20(3)40-26)31(37)32(38)35(29)33-34-25-12-10-19(2)15-27(25)41-33/h7-13,15,17-18,20,29,36H,4-6,14,16H2,1-3H3/b30-28+/t20-,29+/m0/s1. The molecule has 1 aromatic heterocycles. The minimum Gasteiger partial charge on any atom is -0.507 e. The van der Waals surface area contributed by atoms with E-state index >= 15 is 0 Å². The Bertz CT molecular complexity index is 1690. The molecule has 6 rings (SSSR count).